The topological polar surface area (TPSA) is 83.6 Å². The van der Waals surface area contributed by atoms with Crippen LogP contribution in [-0.2, 0) is 6.42 Å². The minimum absolute atomic E-state index is 0.0677. The molecule has 29 heavy (non-hydrogen) atoms. The second-order valence-electron chi connectivity index (χ2n) is 7.15. The fourth-order valence-corrected chi connectivity index (χ4v) is 4.14. The highest BCUT2D eigenvalue weighted by Gasteiger charge is 2.37. The van der Waals surface area contributed by atoms with E-state index in [9.17, 15) is 4.79 Å². The molecule has 142 valence electrons. The van der Waals surface area contributed by atoms with Gasteiger partial charge in [0.2, 0.25) is 0 Å². The van der Waals surface area contributed by atoms with Crippen molar-refractivity contribution < 1.29 is 4.79 Å². The van der Waals surface area contributed by atoms with Crippen molar-refractivity contribution in [3.05, 3.63) is 90.0 Å². The van der Waals surface area contributed by atoms with Crippen LogP contribution in [0.1, 0.15) is 33.5 Å². The third-order valence-corrected chi connectivity index (χ3v) is 5.51. The maximum atomic E-state index is 13.6. The second kappa shape index (κ2) is 6.03. The third kappa shape index (κ3) is 2.39. The number of imidazole rings is 1. The van der Waals surface area contributed by atoms with E-state index in [0.29, 0.717) is 12.1 Å². The molecule has 1 atom stereocenters. The van der Waals surface area contributed by atoms with Crippen molar-refractivity contribution in [2.75, 3.05) is 6.54 Å². The van der Waals surface area contributed by atoms with Crippen molar-refractivity contribution in [2.24, 2.45) is 0 Å². The average molecular weight is 383 g/mol. The third-order valence-electron chi connectivity index (χ3n) is 5.51. The number of pyridine rings is 2. The van der Waals surface area contributed by atoms with E-state index in [2.05, 4.69) is 15.1 Å². The number of carbonyl (C=O) groups excluding carboxylic acids is 1. The highest BCUT2D eigenvalue weighted by molar-refractivity contribution is 6.01. The van der Waals surface area contributed by atoms with Crippen molar-refractivity contribution in [2.45, 2.75) is 12.5 Å². The number of aromatic amines is 1. The van der Waals surface area contributed by atoms with Gasteiger partial charge in [-0.1, -0.05) is 12.1 Å². The Morgan fingerprint density at radius 3 is 2.86 bits per heavy atom. The lowest BCUT2D eigenvalue weighted by atomic mass is 9.98. The summed E-state index contributed by atoms with van der Waals surface area (Å²) in [4.78, 5) is 23.2. The van der Waals surface area contributed by atoms with Gasteiger partial charge in [0.25, 0.3) is 5.91 Å². The maximum Gasteiger partial charge on any atom is 0.258 e. The number of hydrogen-bond acceptors (Lipinski definition) is 4. The van der Waals surface area contributed by atoms with Gasteiger partial charge in [-0.2, -0.15) is 10.2 Å². The molecule has 6 rings (SSSR count). The van der Waals surface area contributed by atoms with Gasteiger partial charge in [-0.15, -0.1) is 0 Å². The molecule has 8 nitrogen and oxygen atoms in total. The molecule has 1 aliphatic rings. The highest BCUT2D eigenvalue weighted by atomic mass is 16.2. The van der Waals surface area contributed by atoms with Crippen molar-refractivity contribution in [3.63, 3.8) is 0 Å². The zero-order valence-corrected chi connectivity index (χ0v) is 15.4. The molecule has 0 saturated heterocycles. The van der Waals surface area contributed by atoms with Crippen LogP contribution >= 0.6 is 0 Å². The van der Waals surface area contributed by atoms with E-state index < -0.39 is 0 Å². The summed E-state index contributed by atoms with van der Waals surface area (Å²) in [6, 6.07) is 13.3. The Labute approximate surface area is 165 Å². The minimum Gasteiger partial charge on any atom is -0.348 e. The van der Waals surface area contributed by atoms with Crippen molar-refractivity contribution in [1.29, 1.82) is 0 Å². The zero-order chi connectivity index (χ0) is 19.4. The first-order valence-corrected chi connectivity index (χ1v) is 9.49. The van der Waals surface area contributed by atoms with Gasteiger partial charge in [0.15, 0.2) is 0 Å². The fourth-order valence-electron chi connectivity index (χ4n) is 4.14. The first-order valence-electron chi connectivity index (χ1n) is 9.49. The summed E-state index contributed by atoms with van der Waals surface area (Å²) in [5, 5.41) is 9.07. The van der Waals surface area contributed by atoms with E-state index >= 15 is 0 Å². The molecule has 8 heteroatoms. The van der Waals surface area contributed by atoms with E-state index in [-0.39, 0.29) is 11.9 Å². The van der Waals surface area contributed by atoms with E-state index in [4.69, 9.17) is 5.10 Å². The predicted octanol–water partition coefficient (Wildman–Crippen LogP) is 2.49. The number of rotatable bonds is 2. The van der Waals surface area contributed by atoms with Gasteiger partial charge in [-0.05, 0) is 30.3 Å². The molecule has 0 unspecified atom stereocenters. The molecule has 0 spiro atoms. The summed E-state index contributed by atoms with van der Waals surface area (Å²) >= 11 is 0. The van der Waals surface area contributed by atoms with Crippen LogP contribution in [0.15, 0.2) is 67.4 Å². The Bertz CT molecular complexity index is 1330. The van der Waals surface area contributed by atoms with Gasteiger partial charge in [-0.25, -0.2) is 14.0 Å². The van der Waals surface area contributed by atoms with E-state index in [0.717, 1.165) is 34.5 Å². The Hall–Kier alpha value is -3.94. The molecule has 0 bridgehead atoms. The Morgan fingerprint density at radius 1 is 1.10 bits per heavy atom. The first-order chi connectivity index (χ1) is 14.3. The smallest absolute Gasteiger partial charge is 0.258 e. The monoisotopic (exact) mass is 383 g/mol. The van der Waals surface area contributed by atoms with Crippen LogP contribution in [0.5, 0.6) is 0 Å². The SMILES string of the molecule is O=C(c1cnn2ccccc12)N1CCc2[nH]cnc2[C@H]1c1cc2ccccn2n1. The molecule has 5 aromatic rings. The summed E-state index contributed by atoms with van der Waals surface area (Å²) in [6.07, 6.45) is 7.80. The lowest BCUT2D eigenvalue weighted by molar-refractivity contribution is 0.0689. The normalized spacial score (nSPS) is 16.4. The molecule has 0 radical (unpaired) electrons. The number of H-pyrrole nitrogens is 1. The number of aromatic nitrogens is 6. The predicted molar refractivity (Wildman–Crippen MR) is 106 cm³/mol. The van der Waals surface area contributed by atoms with Crippen LogP contribution in [0.4, 0.5) is 0 Å². The Kier molecular flexibility index (Phi) is 3.34. The number of nitrogens with one attached hydrogen (secondary N) is 1. The van der Waals surface area contributed by atoms with Crippen LogP contribution in [0.2, 0.25) is 0 Å². The molecule has 5 aromatic heterocycles. The summed E-state index contributed by atoms with van der Waals surface area (Å²) in [5.74, 6) is -0.0677. The van der Waals surface area contributed by atoms with Crippen LogP contribution in [0.25, 0.3) is 11.0 Å². The number of amides is 1. The van der Waals surface area contributed by atoms with Gasteiger partial charge in [0.05, 0.1) is 40.5 Å². The average Bonchev–Trinajstić information content (AvgIpc) is 3.49. The maximum absolute atomic E-state index is 13.6. The number of fused-ring (bicyclic) bond motifs is 3. The summed E-state index contributed by atoms with van der Waals surface area (Å²) in [5.41, 5.74) is 5.06. The van der Waals surface area contributed by atoms with E-state index in [1.54, 1.807) is 17.0 Å². The molecular formula is C21H17N7O. The molecule has 0 aromatic carbocycles. The second-order valence-corrected chi connectivity index (χ2v) is 7.15. The zero-order valence-electron chi connectivity index (χ0n) is 15.4. The summed E-state index contributed by atoms with van der Waals surface area (Å²) in [7, 11) is 0. The van der Waals surface area contributed by atoms with Crippen molar-refractivity contribution >= 4 is 16.9 Å². The number of hydrogen-bond donors (Lipinski definition) is 1. The molecule has 0 aliphatic carbocycles. The lowest BCUT2D eigenvalue weighted by Gasteiger charge is -2.33. The highest BCUT2D eigenvalue weighted by Crippen LogP contribution is 2.34. The number of nitrogens with zero attached hydrogens (tertiary/aromatic N) is 6. The van der Waals surface area contributed by atoms with Crippen molar-refractivity contribution in [3.8, 4) is 0 Å². The Balaban J connectivity index is 1.49. The molecule has 1 aliphatic heterocycles. The summed E-state index contributed by atoms with van der Waals surface area (Å²) in [6.45, 7) is 0.580. The van der Waals surface area contributed by atoms with Gasteiger partial charge >= 0.3 is 0 Å². The Morgan fingerprint density at radius 2 is 1.97 bits per heavy atom. The minimum atomic E-state index is -0.351. The van der Waals surface area contributed by atoms with Gasteiger partial charge < -0.3 is 9.88 Å². The molecule has 0 saturated carbocycles. The van der Waals surface area contributed by atoms with Crippen molar-refractivity contribution in [1.82, 2.24) is 34.1 Å². The van der Waals surface area contributed by atoms with Gasteiger partial charge in [-0.3, -0.25) is 4.79 Å². The standard InChI is InChI=1S/C21H17N7O/c29-21(15-12-24-28-9-4-2-6-18(15)28)26-10-7-16-19(23-13-22-16)20(26)17-11-14-5-1-3-8-27(14)25-17/h1-6,8-9,11-13,20H,7,10H2,(H,22,23)/t20-/m1/s1. The lowest BCUT2D eigenvalue weighted by Crippen LogP contribution is -2.41. The molecule has 1 amide bonds. The van der Waals surface area contributed by atoms with Crippen LogP contribution < -0.4 is 0 Å². The number of carbonyl (C=O) groups is 1. The van der Waals surface area contributed by atoms with Crippen LogP contribution in [-0.4, -0.2) is 46.5 Å². The van der Waals surface area contributed by atoms with Crippen LogP contribution in [0, 0.1) is 0 Å². The van der Waals surface area contributed by atoms with Crippen LogP contribution in [0.3, 0.4) is 0 Å². The molecule has 1 N–H and O–H groups in total. The quantitative estimate of drug-likeness (QED) is 0.508. The van der Waals surface area contributed by atoms with Gasteiger partial charge in [0.1, 0.15) is 6.04 Å². The van der Waals surface area contributed by atoms with E-state index in [1.807, 2.05) is 64.3 Å². The summed E-state index contributed by atoms with van der Waals surface area (Å²) < 4.78 is 3.55. The van der Waals surface area contributed by atoms with Gasteiger partial charge in [0, 0.05) is 31.1 Å². The first kappa shape index (κ1) is 16.1. The molecule has 0 fully saturated rings. The molecular weight excluding hydrogens is 366 g/mol. The fraction of sp³-hybridized carbons (Fsp3) is 0.143. The largest absolute Gasteiger partial charge is 0.348 e. The van der Waals surface area contributed by atoms with E-state index in [1.165, 1.54) is 0 Å². The molecule has 6 heterocycles.